The molecule has 4 nitrogen and oxygen atoms in total. The lowest BCUT2D eigenvalue weighted by Gasteiger charge is -2.14. The molecule has 0 aliphatic heterocycles. The fourth-order valence-electron chi connectivity index (χ4n) is 1.27. The maximum absolute atomic E-state index is 12.0. The average molecular weight is 233 g/mol. The molecule has 0 spiro atoms. The predicted octanol–water partition coefficient (Wildman–Crippen LogP) is 2.00. The minimum Gasteiger partial charge on any atom is -0.397 e. The van der Waals surface area contributed by atoms with Gasteiger partial charge in [-0.3, -0.25) is 9.69 Å². The molecule has 0 fully saturated rings. The highest BCUT2D eigenvalue weighted by Crippen LogP contribution is 2.16. The molecule has 0 unspecified atom stereocenters. The van der Waals surface area contributed by atoms with Gasteiger partial charge in [-0.2, -0.15) is 0 Å². The van der Waals surface area contributed by atoms with Gasteiger partial charge >= 0.3 is 0 Å². The average Bonchev–Trinajstić information content (AvgIpc) is 2.81. The Morgan fingerprint density at radius 2 is 2.25 bits per heavy atom. The molecule has 16 heavy (non-hydrogen) atoms. The SMILES string of the molecule is CN(C(=O)c1cccs1)c1ccc(N)cn1. The maximum Gasteiger partial charge on any atom is 0.269 e. The highest BCUT2D eigenvalue weighted by atomic mass is 32.1. The van der Waals surface area contributed by atoms with Crippen LogP contribution in [0.1, 0.15) is 9.67 Å². The zero-order valence-electron chi connectivity index (χ0n) is 8.75. The molecule has 0 saturated heterocycles. The number of nitrogen functional groups attached to an aromatic ring is 1. The lowest BCUT2D eigenvalue weighted by Crippen LogP contribution is -2.26. The van der Waals surface area contributed by atoms with Gasteiger partial charge in [0.05, 0.1) is 16.8 Å². The van der Waals surface area contributed by atoms with E-state index in [0.717, 1.165) is 0 Å². The van der Waals surface area contributed by atoms with Crippen LogP contribution >= 0.6 is 11.3 Å². The van der Waals surface area contributed by atoms with Crippen molar-refractivity contribution in [2.24, 2.45) is 0 Å². The van der Waals surface area contributed by atoms with Crippen LogP contribution in [0.2, 0.25) is 0 Å². The van der Waals surface area contributed by atoms with E-state index < -0.39 is 0 Å². The first-order chi connectivity index (χ1) is 7.68. The molecule has 0 radical (unpaired) electrons. The predicted molar refractivity (Wildman–Crippen MR) is 65.7 cm³/mol. The Morgan fingerprint density at radius 3 is 2.81 bits per heavy atom. The largest absolute Gasteiger partial charge is 0.397 e. The molecule has 0 bridgehead atoms. The Labute approximate surface area is 97.3 Å². The van der Waals surface area contributed by atoms with Crippen molar-refractivity contribution in [1.29, 1.82) is 0 Å². The first kappa shape index (κ1) is 10.6. The van der Waals surface area contributed by atoms with Gasteiger partial charge in [0.25, 0.3) is 5.91 Å². The fourth-order valence-corrected chi connectivity index (χ4v) is 1.96. The quantitative estimate of drug-likeness (QED) is 0.863. The third-order valence-corrected chi connectivity index (χ3v) is 3.01. The van der Waals surface area contributed by atoms with Gasteiger partial charge in [0.1, 0.15) is 5.82 Å². The molecule has 2 aromatic heterocycles. The van der Waals surface area contributed by atoms with Gasteiger partial charge < -0.3 is 5.73 Å². The Balaban J connectivity index is 2.22. The minimum absolute atomic E-state index is 0.0627. The third kappa shape index (κ3) is 2.04. The number of nitrogens with zero attached hydrogens (tertiary/aromatic N) is 2. The van der Waals surface area contributed by atoms with Crippen LogP contribution in [0.5, 0.6) is 0 Å². The summed E-state index contributed by atoms with van der Waals surface area (Å²) >= 11 is 1.41. The number of rotatable bonds is 2. The van der Waals surface area contributed by atoms with E-state index in [1.165, 1.54) is 22.4 Å². The normalized spacial score (nSPS) is 10.1. The van der Waals surface area contributed by atoms with Crippen LogP contribution in [0.3, 0.4) is 0 Å². The van der Waals surface area contributed by atoms with E-state index >= 15 is 0 Å². The summed E-state index contributed by atoms with van der Waals surface area (Å²) in [4.78, 5) is 18.3. The summed E-state index contributed by atoms with van der Waals surface area (Å²) in [5.74, 6) is 0.528. The number of hydrogen-bond acceptors (Lipinski definition) is 4. The smallest absolute Gasteiger partial charge is 0.269 e. The summed E-state index contributed by atoms with van der Waals surface area (Å²) in [7, 11) is 1.70. The maximum atomic E-state index is 12.0. The summed E-state index contributed by atoms with van der Waals surface area (Å²) < 4.78 is 0. The number of aromatic nitrogens is 1. The van der Waals surface area contributed by atoms with Gasteiger partial charge in [0.15, 0.2) is 0 Å². The fraction of sp³-hybridized carbons (Fsp3) is 0.0909. The lowest BCUT2D eigenvalue weighted by molar-refractivity contribution is 0.0996. The van der Waals surface area contributed by atoms with Crippen LogP contribution in [0.4, 0.5) is 11.5 Å². The Bertz CT molecular complexity index is 478. The van der Waals surface area contributed by atoms with E-state index in [4.69, 9.17) is 5.73 Å². The first-order valence-corrected chi connectivity index (χ1v) is 5.59. The summed E-state index contributed by atoms with van der Waals surface area (Å²) in [5.41, 5.74) is 6.12. The molecule has 2 aromatic rings. The first-order valence-electron chi connectivity index (χ1n) is 4.71. The van der Waals surface area contributed by atoms with Gasteiger partial charge in [-0.15, -0.1) is 11.3 Å². The number of nitrogens with two attached hydrogens (primary N) is 1. The topological polar surface area (TPSA) is 59.2 Å². The molecule has 0 atom stereocenters. The summed E-state index contributed by atoms with van der Waals surface area (Å²) in [6, 6.07) is 7.09. The molecule has 1 amide bonds. The zero-order chi connectivity index (χ0) is 11.5. The molecule has 0 saturated carbocycles. The second kappa shape index (κ2) is 4.32. The van der Waals surface area contributed by atoms with Gasteiger partial charge in [0.2, 0.25) is 0 Å². The molecule has 0 aliphatic carbocycles. The van der Waals surface area contributed by atoms with Crippen molar-refractivity contribution in [3.63, 3.8) is 0 Å². The number of anilines is 2. The second-order valence-corrected chi connectivity index (χ2v) is 4.24. The van der Waals surface area contributed by atoms with Crippen molar-refractivity contribution in [1.82, 2.24) is 4.98 Å². The summed E-state index contributed by atoms with van der Waals surface area (Å²) in [6.45, 7) is 0. The third-order valence-electron chi connectivity index (χ3n) is 2.15. The van der Waals surface area contributed by atoms with Crippen LogP contribution in [-0.2, 0) is 0 Å². The van der Waals surface area contributed by atoms with Gasteiger partial charge in [-0.1, -0.05) is 6.07 Å². The second-order valence-electron chi connectivity index (χ2n) is 3.29. The van der Waals surface area contributed by atoms with Crippen molar-refractivity contribution < 1.29 is 4.79 Å². The Morgan fingerprint density at radius 1 is 1.44 bits per heavy atom. The van der Waals surface area contributed by atoms with Crippen LogP contribution < -0.4 is 10.6 Å². The van der Waals surface area contributed by atoms with Crippen LogP contribution in [0, 0.1) is 0 Å². The van der Waals surface area contributed by atoms with Crippen LogP contribution in [0.25, 0.3) is 0 Å². The van der Waals surface area contributed by atoms with Crippen molar-refractivity contribution >= 4 is 28.7 Å². The zero-order valence-corrected chi connectivity index (χ0v) is 9.57. The molecule has 82 valence electrons. The van der Waals surface area contributed by atoms with E-state index in [1.54, 1.807) is 25.2 Å². The Hall–Kier alpha value is -1.88. The molecular formula is C11H11N3OS. The van der Waals surface area contributed by atoms with Crippen LogP contribution in [0.15, 0.2) is 35.8 Å². The van der Waals surface area contributed by atoms with E-state index in [2.05, 4.69) is 4.98 Å². The number of pyridine rings is 1. The van der Waals surface area contributed by atoms with E-state index in [1.807, 2.05) is 11.4 Å². The van der Waals surface area contributed by atoms with Crippen LogP contribution in [-0.4, -0.2) is 17.9 Å². The Kier molecular flexibility index (Phi) is 2.87. The number of carbonyl (C=O) groups excluding carboxylic acids is 1. The van der Waals surface area contributed by atoms with Crippen molar-refractivity contribution in [2.75, 3.05) is 17.7 Å². The van der Waals surface area contributed by atoms with Gasteiger partial charge in [-0.05, 0) is 23.6 Å². The van der Waals surface area contributed by atoms with E-state index in [0.29, 0.717) is 16.4 Å². The monoisotopic (exact) mass is 233 g/mol. The highest BCUT2D eigenvalue weighted by molar-refractivity contribution is 7.12. The number of hydrogen-bond donors (Lipinski definition) is 1. The molecule has 5 heteroatoms. The molecule has 2 N–H and O–H groups in total. The van der Waals surface area contributed by atoms with Crippen molar-refractivity contribution in [2.45, 2.75) is 0 Å². The lowest BCUT2D eigenvalue weighted by atomic mass is 10.3. The molecular weight excluding hydrogens is 222 g/mol. The summed E-state index contributed by atoms with van der Waals surface area (Å²) in [5, 5.41) is 1.87. The van der Waals surface area contributed by atoms with E-state index in [-0.39, 0.29) is 5.91 Å². The molecule has 0 aromatic carbocycles. The molecule has 2 rings (SSSR count). The van der Waals surface area contributed by atoms with Gasteiger partial charge in [0, 0.05) is 7.05 Å². The van der Waals surface area contributed by atoms with Gasteiger partial charge in [-0.25, -0.2) is 4.98 Å². The number of thiophene rings is 1. The molecule has 2 heterocycles. The van der Waals surface area contributed by atoms with Crippen molar-refractivity contribution in [3.8, 4) is 0 Å². The van der Waals surface area contributed by atoms with Crippen molar-refractivity contribution in [3.05, 3.63) is 40.7 Å². The minimum atomic E-state index is -0.0627. The number of carbonyl (C=O) groups is 1. The standard InChI is InChI=1S/C11H11N3OS/c1-14(10-5-4-8(12)7-13-10)11(15)9-3-2-6-16-9/h2-7H,12H2,1H3. The summed E-state index contributed by atoms with van der Waals surface area (Å²) in [6.07, 6.45) is 1.54. The molecule has 0 aliphatic rings. The number of amides is 1. The van der Waals surface area contributed by atoms with E-state index in [9.17, 15) is 4.79 Å². The highest BCUT2D eigenvalue weighted by Gasteiger charge is 2.14.